The van der Waals surface area contributed by atoms with Crippen molar-refractivity contribution >= 4 is 11.6 Å². The summed E-state index contributed by atoms with van der Waals surface area (Å²) >= 11 is 0. The molecule has 0 unspecified atom stereocenters. The minimum absolute atomic E-state index is 0.151. The molecule has 0 heterocycles. The summed E-state index contributed by atoms with van der Waals surface area (Å²) < 4.78 is 10.8. The molecule has 4 heteroatoms. The van der Waals surface area contributed by atoms with E-state index in [4.69, 9.17) is 9.47 Å². The van der Waals surface area contributed by atoms with E-state index in [-0.39, 0.29) is 5.91 Å². The second-order valence-corrected chi connectivity index (χ2v) is 5.58. The van der Waals surface area contributed by atoms with Gasteiger partial charge in [-0.25, -0.2) is 0 Å². The van der Waals surface area contributed by atoms with Crippen molar-refractivity contribution in [1.29, 1.82) is 0 Å². The summed E-state index contributed by atoms with van der Waals surface area (Å²) in [5, 5.41) is 3.03. The lowest BCUT2D eigenvalue weighted by atomic mass is 10.0. The van der Waals surface area contributed by atoms with Gasteiger partial charge in [0.2, 0.25) is 0 Å². The molecule has 4 nitrogen and oxygen atoms in total. The first kappa shape index (κ1) is 17.9. The van der Waals surface area contributed by atoms with Gasteiger partial charge < -0.3 is 14.8 Å². The molecule has 2 aromatic rings. The first-order chi connectivity index (χ1) is 11.6. The number of anilines is 1. The molecule has 0 fully saturated rings. The molecule has 0 saturated carbocycles. The predicted octanol–water partition coefficient (Wildman–Crippen LogP) is 4.23. The molecule has 24 heavy (non-hydrogen) atoms. The van der Waals surface area contributed by atoms with Crippen LogP contribution in [0.1, 0.15) is 31.9 Å². The van der Waals surface area contributed by atoms with E-state index in [1.165, 1.54) is 0 Å². The fourth-order valence-corrected chi connectivity index (χ4v) is 2.54. The van der Waals surface area contributed by atoms with Gasteiger partial charge in [0.15, 0.2) is 6.10 Å². The highest BCUT2D eigenvalue weighted by Crippen LogP contribution is 2.23. The van der Waals surface area contributed by atoms with Crippen LogP contribution in [0.4, 0.5) is 5.69 Å². The number of hydrogen-bond acceptors (Lipinski definition) is 3. The Morgan fingerprint density at radius 3 is 2.04 bits per heavy atom. The summed E-state index contributed by atoms with van der Waals surface area (Å²) in [5.74, 6) is 1.24. The van der Waals surface area contributed by atoms with Crippen LogP contribution >= 0.6 is 0 Å². The van der Waals surface area contributed by atoms with Gasteiger partial charge >= 0.3 is 0 Å². The lowest BCUT2D eigenvalue weighted by Gasteiger charge is -2.18. The number of para-hydroxylation sites is 1. The fraction of sp³-hybridized carbons (Fsp3) is 0.350. The lowest BCUT2D eigenvalue weighted by Crippen LogP contribution is -2.30. The van der Waals surface area contributed by atoms with E-state index in [0.717, 1.165) is 35.4 Å². The Morgan fingerprint density at radius 2 is 1.54 bits per heavy atom. The van der Waals surface area contributed by atoms with E-state index >= 15 is 0 Å². The molecule has 0 saturated heterocycles. The average molecular weight is 327 g/mol. The topological polar surface area (TPSA) is 47.6 Å². The van der Waals surface area contributed by atoms with Gasteiger partial charge in [-0.2, -0.15) is 0 Å². The Bertz CT molecular complexity index is 658. The van der Waals surface area contributed by atoms with Crippen molar-refractivity contribution in [2.45, 2.75) is 39.7 Å². The number of hydrogen-bond donors (Lipinski definition) is 1. The van der Waals surface area contributed by atoms with E-state index in [0.29, 0.717) is 5.75 Å². The minimum Gasteiger partial charge on any atom is -0.497 e. The van der Waals surface area contributed by atoms with Crippen molar-refractivity contribution in [2.75, 3.05) is 12.4 Å². The number of carbonyl (C=O) groups excluding carboxylic acids is 1. The maximum absolute atomic E-state index is 12.5. The van der Waals surface area contributed by atoms with Crippen molar-refractivity contribution in [3.63, 3.8) is 0 Å². The molecule has 1 N–H and O–H groups in total. The van der Waals surface area contributed by atoms with Crippen LogP contribution in [0.25, 0.3) is 0 Å². The molecule has 1 amide bonds. The Kier molecular flexibility index (Phi) is 6.24. The summed E-state index contributed by atoms with van der Waals surface area (Å²) in [6, 6.07) is 13.3. The second-order valence-electron chi connectivity index (χ2n) is 5.58. The number of amides is 1. The zero-order chi connectivity index (χ0) is 17.5. The van der Waals surface area contributed by atoms with Gasteiger partial charge in [-0.15, -0.1) is 0 Å². The number of carbonyl (C=O) groups is 1. The van der Waals surface area contributed by atoms with E-state index < -0.39 is 6.10 Å². The number of nitrogens with one attached hydrogen (secondary N) is 1. The highest BCUT2D eigenvalue weighted by molar-refractivity contribution is 5.95. The molecule has 0 aliphatic rings. The summed E-state index contributed by atoms with van der Waals surface area (Å²) in [6.07, 6.45) is 1.15. The van der Waals surface area contributed by atoms with Crippen molar-refractivity contribution in [3.05, 3.63) is 53.6 Å². The van der Waals surface area contributed by atoms with Crippen LogP contribution in [0.2, 0.25) is 0 Å². The number of rotatable bonds is 7. The van der Waals surface area contributed by atoms with E-state index in [1.807, 2.05) is 30.3 Å². The largest absolute Gasteiger partial charge is 0.497 e. The lowest BCUT2D eigenvalue weighted by molar-refractivity contribution is -0.122. The highest BCUT2D eigenvalue weighted by Gasteiger charge is 2.17. The molecule has 2 rings (SSSR count). The van der Waals surface area contributed by atoms with Crippen LogP contribution in [-0.4, -0.2) is 19.1 Å². The van der Waals surface area contributed by atoms with Crippen molar-refractivity contribution < 1.29 is 14.3 Å². The van der Waals surface area contributed by atoms with Crippen molar-refractivity contribution in [2.24, 2.45) is 0 Å². The molecular formula is C20H25NO3. The molecule has 0 bridgehead atoms. The molecule has 0 aromatic heterocycles. The highest BCUT2D eigenvalue weighted by atomic mass is 16.5. The number of benzene rings is 2. The summed E-state index contributed by atoms with van der Waals surface area (Å²) in [4.78, 5) is 12.5. The molecule has 0 aliphatic carbocycles. The molecule has 128 valence electrons. The third-order valence-electron chi connectivity index (χ3n) is 3.99. The second kappa shape index (κ2) is 8.39. The third-order valence-corrected chi connectivity index (χ3v) is 3.99. The van der Waals surface area contributed by atoms with E-state index in [2.05, 4.69) is 19.2 Å². The molecular weight excluding hydrogens is 302 g/mol. The van der Waals surface area contributed by atoms with Gasteiger partial charge in [-0.05, 0) is 55.2 Å². The van der Waals surface area contributed by atoms with Crippen molar-refractivity contribution in [1.82, 2.24) is 0 Å². The van der Waals surface area contributed by atoms with Crippen LogP contribution in [-0.2, 0) is 17.6 Å². The van der Waals surface area contributed by atoms with Crippen LogP contribution in [0.3, 0.4) is 0 Å². The normalized spacial score (nSPS) is 11.7. The molecule has 1 atom stereocenters. The van der Waals surface area contributed by atoms with Gasteiger partial charge in [0.05, 0.1) is 7.11 Å². The Balaban J connectivity index is 2.08. The van der Waals surface area contributed by atoms with Gasteiger partial charge in [-0.1, -0.05) is 32.0 Å². The first-order valence-corrected chi connectivity index (χ1v) is 8.31. The van der Waals surface area contributed by atoms with E-state index in [9.17, 15) is 4.79 Å². The quantitative estimate of drug-likeness (QED) is 0.828. The third kappa shape index (κ3) is 4.28. The van der Waals surface area contributed by atoms with Crippen molar-refractivity contribution in [3.8, 4) is 11.5 Å². The van der Waals surface area contributed by atoms with Crippen LogP contribution < -0.4 is 14.8 Å². The van der Waals surface area contributed by atoms with Gasteiger partial charge in [0.25, 0.3) is 5.91 Å². The summed E-state index contributed by atoms with van der Waals surface area (Å²) in [5.41, 5.74) is 3.19. The first-order valence-electron chi connectivity index (χ1n) is 8.31. The zero-order valence-corrected chi connectivity index (χ0v) is 14.8. The van der Waals surface area contributed by atoms with Crippen LogP contribution in [0, 0.1) is 0 Å². The number of aryl methyl sites for hydroxylation is 2. The van der Waals surface area contributed by atoms with Crippen LogP contribution in [0.5, 0.6) is 11.5 Å². The fourth-order valence-electron chi connectivity index (χ4n) is 2.54. The number of methoxy groups -OCH3 is 1. The monoisotopic (exact) mass is 327 g/mol. The smallest absolute Gasteiger partial charge is 0.265 e. The van der Waals surface area contributed by atoms with Crippen LogP contribution in [0.15, 0.2) is 42.5 Å². The molecule has 2 aromatic carbocycles. The Morgan fingerprint density at radius 1 is 1.00 bits per heavy atom. The molecule has 0 radical (unpaired) electrons. The maximum atomic E-state index is 12.5. The predicted molar refractivity (Wildman–Crippen MR) is 96.9 cm³/mol. The minimum atomic E-state index is -0.590. The zero-order valence-electron chi connectivity index (χ0n) is 14.8. The number of ether oxygens (including phenoxy) is 2. The average Bonchev–Trinajstić information content (AvgIpc) is 2.62. The Labute approximate surface area is 143 Å². The SMILES string of the molecule is CCc1cccc(CC)c1NC(=O)[C@@H](C)Oc1ccc(OC)cc1. The molecule has 0 spiro atoms. The van der Waals surface area contributed by atoms with Gasteiger partial charge in [-0.3, -0.25) is 4.79 Å². The molecule has 0 aliphatic heterocycles. The maximum Gasteiger partial charge on any atom is 0.265 e. The Hall–Kier alpha value is -2.49. The summed E-state index contributed by atoms with van der Waals surface area (Å²) in [7, 11) is 1.61. The summed E-state index contributed by atoms with van der Waals surface area (Å²) in [6.45, 7) is 5.92. The van der Waals surface area contributed by atoms with E-state index in [1.54, 1.807) is 26.2 Å². The van der Waals surface area contributed by atoms with Gasteiger partial charge in [0.1, 0.15) is 11.5 Å². The standard InChI is InChI=1S/C20H25NO3/c1-5-15-8-7-9-16(6-2)19(15)21-20(22)14(3)24-18-12-10-17(23-4)11-13-18/h7-14H,5-6H2,1-4H3,(H,21,22)/t14-/m1/s1. The van der Waals surface area contributed by atoms with Gasteiger partial charge in [0, 0.05) is 5.69 Å².